The molecule has 0 aliphatic heterocycles. The number of hydrogen-bond acceptors (Lipinski definition) is 5. The van der Waals surface area contributed by atoms with Gasteiger partial charge in [-0.15, -0.1) is 0 Å². The fourth-order valence-electron chi connectivity index (χ4n) is 2.74. The first kappa shape index (κ1) is 20.1. The summed E-state index contributed by atoms with van der Waals surface area (Å²) in [7, 11) is 3.20. The Morgan fingerprint density at radius 3 is 2.34 bits per heavy atom. The molecule has 0 radical (unpaired) electrons. The van der Waals surface area contributed by atoms with E-state index in [1.54, 1.807) is 38.6 Å². The number of nitrogens with one attached hydrogen (secondary N) is 2. The van der Waals surface area contributed by atoms with Crippen molar-refractivity contribution < 1.29 is 18.7 Å². The van der Waals surface area contributed by atoms with E-state index in [0.717, 1.165) is 16.8 Å². The molecule has 150 valence electrons. The first-order valence-corrected chi connectivity index (χ1v) is 9.02. The summed E-state index contributed by atoms with van der Waals surface area (Å²) in [6.45, 7) is 0.582. The predicted molar refractivity (Wildman–Crippen MR) is 110 cm³/mol. The highest BCUT2D eigenvalue weighted by molar-refractivity contribution is 5.91. The molecule has 7 heteroatoms. The summed E-state index contributed by atoms with van der Waals surface area (Å²) in [6, 6.07) is 15.1. The Bertz CT molecular complexity index is 960. The van der Waals surface area contributed by atoms with Crippen LogP contribution >= 0.6 is 0 Å². The number of pyridine rings is 1. The third-order valence-corrected chi connectivity index (χ3v) is 4.25. The van der Waals surface area contributed by atoms with Gasteiger partial charge in [-0.05, 0) is 47.5 Å². The summed E-state index contributed by atoms with van der Waals surface area (Å²) < 4.78 is 23.5. The average Bonchev–Trinajstić information content (AvgIpc) is 2.74. The first-order valence-electron chi connectivity index (χ1n) is 9.02. The number of carbonyl (C=O) groups excluding carboxylic acids is 1. The molecule has 0 atom stereocenters. The number of ether oxygens (including phenoxy) is 2. The summed E-state index contributed by atoms with van der Waals surface area (Å²) in [6.07, 6.45) is 1.80. The van der Waals surface area contributed by atoms with Crippen LogP contribution in [0.2, 0.25) is 0 Å². The van der Waals surface area contributed by atoms with Gasteiger partial charge in [-0.3, -0.25) is 4.79 Å². The van der Waals surface area contributed by atoms with Crippen LogP contribution in [0.25, 0.3) is 0 Å². The van der Waals surface area contributed by atoms with Crippen molar-refractivity contribution >= 4 is 17.4 Å². The zero-order valence-corrected chi connectivity index (χ0v) is 16.2. The Balaban J connectivity index is 1.53. The topological polar surface area (TPSA) is 72.5 Å². The van der Waals surface area contributed by atoms with Crippen molar-refractivity contribution in [3.05, 3.63) is 77.7 Å². The standard InChI is InChI=1S/C22H22FN3O3/c1-28-19-9-5-16(11-20(19)29-2)13-24-18-8-10-21(25-14-18)26-22(27)12-15-3-6-17(23)7-4-15/h3-11,14,24H,12-13H2,1-2H3,(H,25,26,27). The molecule has 1 aromatic heterocycles. The number of carbonyl (C=O) groups is 1. The van der Waals surface area contributed by atoms with E-state index in [1.165, 1.54) is 12.1 Å². The summed E-state index contributed by atoms with van der Waals surface area (Å²) in [5.74, 6) is 1.26. The minimum atomic E-state index is -0.327. The lowest BCUT2D eigenvalue weighted by Gasteiger charge is -2.11. The number of amides is 1. The Morgan fingerprint density at radius 2 is 1.69 bits per heavy atom. The SMILES string of the molecule is COc1ccc(CNc2ccc(NC(=O)Cc3ccc(F)cc3)nc2)cc1OC. The molecule has 0 fully saturated rings. The van der Waals surface area contributed by atoms with Crippen LogP contribution in [-0.4, -0.2) is 25.1 Å². The maximum absolute atomic E-state index is 12.9. The summed E-state index contributed by atoms with van der Waals surface area (Å²) in [4.78, 5) is 16.3. The van der Waals surface area contributed by atoms with E-state index < -0.39 is 0 Å². The van der Waals surface area contributed by atoms with Crippen LogP contribution in [0.5, 0.6) is 11.5 Å². The van der Waals surface area contributed by atoms with Gasteiger partial charge in [0, 0.05) is 6.54 Å². The molecule has 3 aromatic rings. The zero-order valence-electron chi connectivity index (χ0n) is 16.2. The van der Waals surface area contributed by atoms with Gasteiger partial charge in [0.15, 0.2) is 11.5 Å². The van der Waals surface area contributed by atoms with E-state index in [-0.39, 0.29) is 18.1 Å². The maximum atomic E-state index is 12.9. The molecule has 29 heavy (non-hydrogen) atoms. The van der Waals surface area contributed by atoms with Gasteiger partial charge in [0.1, 0.15) is 11.6 Å². The lowest BCUT2D eigenvalue weighted by molar-refractivity contribution is -0.115. The minimum Gasteiger partial charge on any atom is -0.493 e. The Kier molecular flexibility index (Phi) is 6.63. The number of nitrogens with zero attached hydrogens (tertiary/aromatic N) is 1. The molecule has 1 heterocycles. The van der Waals surface area contributed by atoms with Crippen LogP contribution in [0.4, 0.5) is 15.9 Å². The molecule has 0 unspecified atom stereocenters. The van der Waals surface area contributed by atoms with E-state index in [4.69, 9.17) is 9.47 Å². The van der Waals surface area contributed by atoms with Crippen molar-refractivity contribution in [1.82, 2.24) is 4.98 Å². The number of halogens is 1. The summed E-state index contributed by atoms with van der Waals surface area (Å²) in [5.41, 5.74) is 2.58. The van der Waals surface area contributed by atoms with E-state index in [9.17, 15) is 9.18 Å². The second-order valence-corrected chi connectivity index (χ2v) is 6.33. The van der Waals surface area contributed by atoms with E-state index in [0.29, 0.717) is 23.9 Å². The van der Waals surface area contributed by atoms with Crippen molar-refractivity contribution in [3.63, 3.8) is 0 Å². The van der Waals surface area contributed by atoms with Gasteiger partial charge in [0.25, 0.3) is 0 Å². The van der Waals surface area contributed by atoms with Gasteiger partial charge in [0.2, 0.25) is 5.91 Å². The van der Waals surface area contributed by atoms with Gasteiger partial charge in [-0.1, -0.05) is 18.2 Å². The Labute approximate surface area is 168 Å². The Morgan fingerprint density at radius 1 is 0.966 bits per heavy atom. The first-order chi connectivity index (χ1) is 14.1. The van der Waals surface area contributed by atoms with Crippen LogP contribution in [0.15, 0.2) is 60.8 Å². The van der Waals surface area contributed by atoms with E-state index in [1.807, 2.05) is 24.3 Å². The summed E-state index contributed by atoms with van der Waals surface area (Å²) >= 11 is 0. The highest BCUT2D eigenvalue weighted by Crippen LogP contribution is 2.27. The van der Waals surface area contributed by atoms with Crippen molar-refractivity contribution in [3.8, 4) is 11.5 Å². The fraction of sp³-hybridized carbons (Fsp3) is 0.182. The van der Waals surface area contributed by atoms with Gasteiger partial charge in [0.05, 0.1) is 32.5 Å². The van der Waals surface area contributed by atoms with Crippen molar-refractivity contribution in [2.45, 2.75) is 13.0 Å². The number of hydrogen-bond donors (Lipinski definition) is 2. The third kappa shape index (κ3) is 5.68. The molecule has 2 N–H and O–H groups in total. The quantitative estimate of drug-likeness (QED) is 0.603. The number of anilines is 2. The van der Waals surface area contributed by atoms with Crippen molar-refractivity contribution in [2.75, 3.05) is 24.9 Å². The molecule has 0 spiro atoms. The highest BCUT2D eigenvalue weighted by Gasteiger charge is 2.07. The predicted octanol–water partition coefficient (Wildman–Crippen LogP) is 4.03. The van der Waals surface area contributed by atoms with Gasteiger partial charge in [-0.25, -0.2) is 9.37 Å². The Hall–Kier alpha value is -3.61. The summed E-state index contributed by atoms with van der Waals surface area (Å²) in [5, 5.41) is 6.00. The minimum absolute atomic E-state index is 0.154. The largest absolute Gasteiger partial charge is 0.493 e. The highest BCUT2D eigenvalue weighted by atomic mass is 19.1. The average molecular weight is 395 g/mol. The molecule has 0 saturated carbocycles. The molecular formula is C22H22FN3O3. The number of rotatable bonds is 8. The molecule has 1 amide bonds. The van der Waals surface area contributed by atoms with Crippen LogP contribution in [0, 0.1) is 5.82 Å². The molecule has 0 aliphatic carbocycles. The molecule has 2 aromatic carbocycles. The smallest absolute Gasteiger partial charge is 0.229 e. The monoisotopic (exact) mass is 395 g/mol. The fourth-order valence-corrected chi connectivity index (χ4v) is 2.74. The molecular weight excluding hydrogens is 373 g/mol. The van der Waals surface area contributed by atoms with Crippen LogP contribution in [0.3, 0.4) is 0 Å². The van der Waals surface area contributed by atoms with Gasteiger partial charge < -0.3 is 20.1 Å². The van der Waals surface area contributed by atoms with E-state index in [2.05, 4.69) is 15.6 Å². The molecule has 0 aliphatic rings. The van der Waals surface area contributed by atoms with Crippen LogP contribution in [0.1, 0.15) is 11.1 Å². The zero-order chi connectivity index (χ0) is 20.6. The molecule has 0 bridgehead atoms. The number of benzene rings is 2. The van der Waals surface area contributed by atoms with Crippen LogP contribution in [-0.2, 0) is 17.8 Å². The molecule has 6 nitrogen and oxygen atoms in total. The van der Waals surface area contributed by atoms with Crippen LogP contribution < -0.4 is 20.1 Å². The normalized spacial score (nSPS) is 10.3. The van der Waals surface area contributed by atoms with Gasteiger partial charge >= 0.3 is 0 Å². The molecule has 0 saturated heterocycles. The number of aromatic nitrogens is 1. The maximum Gasteiger partial charge on any atom is 0.229 e. The molecule has 3 rings (SSSR count). The number of methoxy groups -OCH3 is 2. The second-order valence-electron chi connectivity index (χ2n) is 6.33. The van der Waals surface area contributed by atoms with Crippen molar-refractivity contribution in [2.24, 2.45) is 0 Å². The van der Waals surface area contributed by atoms with Gasteiger partial charge in [-0.2, -0.15) is 0 Å². The third-order valence-electron chi connectivity index (χ3n) is 4.25. The van der Waals surface area contributed by atoms with Crippen molar-refractivity contribution in [1.29, 1.82) is 0 Å². The van der Waals surface area contributed by atoms with E-state index >= 15 is 0 Å². The lowest BCUT2D eigenvalue weighted by atomic mass is 10.1. The second kappa shape index (κ2) is 9.54. The lowest BCUT2D eigenvalue weighted by Crippen LogP contribution is -2.15.